The monoisotopic (exact) mass is 471 g/mol. The summed E-state index contributed by atoms with van der Waals surface area (Å²) in [5.74, 6) is -0.838. The minimum absolute atomic E-state index is 0.218. The Morgan fingerprint density at radius 1 is 1.22 bits per heavy atom. The van der Waals surface area contributed by atoms with Gasteiger partial charge in [0.25, 0.3) is 10.0 Å². The van der Waals surface area contributed by atoms with Gasteiger partial charge in [0.2, 0.25) is 11.8 Å². The van der Waals surface area contributed by atoms with Gasteiger partial charge in [-0.2, -0.15) is 4.31 Å². The van der Waals surface area contributed by atoms with Crippen molar-refractivity contribution in [2.75, 3.05) is 18.4 Å². The van der Waals surface area contributed by atoms with Gasteiger partial charge in [-0.05, 0) is 48.6 Å². The van der Waals surface area contributed by atoms with Crippen LogP contribution in [0, 0.1) is 0 Å². The van der Waals surface area contributed by atoms with Crippen LogP contribution in [0.5, 0.6) is 0 Å². The van der Waals surface area contributed by atoms with E-state index >= 15 is 0 Å². The lowest BCUT2D eigenvalue weighted by Crippen LogP contribution is -2.47. The van der Waals surface area contributed by atoms with Gasteiger partial charge in [0.05, 0.1) is 6.54 Å². The van der Waals surface area contributed by atoms with Gasteiger partial charge in [-0.3, -0.25) is 9.59 Å². The Hall–Kier alpha value is -1.75. The van der Waals surface area contributed by atoms with Crippen molar-refractivity contribution in [3.63, 3.8) is 0 Å². The third-order valence-corrected chi connectivity index (χ3v) is 7.93. The fourth-order valence-corrected chi connectivity index (χ4v) is 5.88. The lowest BCUT2D eigenvalue weighted by molar-refractivity contribution is -0.126. The van der Waals surface area contributed by atoms with Gasteiger partial charge in [0.1, 0.15) is 10.3 Å². The van der Waals surface area contributed by atoms with Crippen LogP contribution in [0.15, 0.2) is 50.5 Å². The van der Waals surface area contributed by atoms with Crippen molar-refractivity contribution in [2.24, 2.45) is 0 Å². The van der Waals surface area contributed by atoms with Gasteiger partial charge >= 0.3 is 0 Å². The molecule has 1 aromatic carbocycles. The Morgan fingerprint density at radius 3 is 2.63 bits per heavy atom. The number of halogens is 1. The van der Waals surface area contributed by atoms with E-state index < -0.39 is 22.0 Å². The first kappa shape index (κ1) is 20.0. The Kier molecular flexibility index (Phi) is 6.30. The van der Waals surface area contributed by atoms with E-state index in [1.807, 2.05) is 0 Å². The van der Waals surface area contributed by atoms with Crippen molar-refractivity contribution >= 4 is 54.8 Å². The Bertz CT molecular complexity index is 914. The number of anilines is 1. The normalized spacial score (nSPS) is 17.6. The SMILES string of the molecule is O=C(CNC(=O)C1CCCN1S(=O)(=O)c1cccs1)Nc1ccc(Br)cc1. The van der Waals surface area contributed by atoms with Crippen LogP contribution >= 0.6 is 27.3 Å². The molecule has 0 bridgehead atoms. The summed E-state index contributed by atoms with van der Waals surface area (Å²) in [6.45, 7) is 0.0711. The smallest absolute Gasteiger partial charge is 0.253 e. The molecule has 144 valence electrons. The molecule has 0 radical (unpaired) electrons. The maximum absolute atomic E-state index is 12.7. The number of benzene rings is 1. The standard InChI is InChI=1S/C17H18BrN3O4S2/c18-12-5-7-13(8-6-12)20-15(22)11-19-17(23)14-3-1-9-21(14)27(24,25)16-4-2-10-26-16/h2,4-8,10,14H,1,3,9,11H2,(H,19,23)(H,20,22). The molecule has 1 aliphatic rings. The van der Waals surface area contributed by atoms with E-state index in [9.17, 15) is 18.0 Å². The van der Waals surface area contributed by atoms with E-state index in [1.54, 1.807) is 35.7 Å². The van der Waals surface area contributed by atoms with Gasteiger partial charge in [0, 0.05) is 16.7 Å². The summed E-state index contributed by atoms with van der Waals surface area (Å²) in [4.78, 5) is 24.5. The number of amides is 2. The molecule has 10 heteroatoms. The molecule has 1 saturated heterocycles. The maximum atomic E-state index is 12.7. The number of carbonyl (C=O) groups is 2. The summed E-state index contributed by atoms with van der Waals surface area (Å²) >= 11 is 4.43. The molecule has 7 nitrogen and oxygen atoms in total. The largest absolute Gasteiger partial charge is 0.346 e. The second-order valence-electron chi connectivity index (χ2n) is 5.98. The molecular formula is C17H18BrN3O4S2. The molecule has 2 N–H and O–H groups in total. The van der Waals surface area contributed by atoms with Gasteiger partial charge in [-0.15, -0.1) is 11.3 Å². The maximum Gasteiger partial charge on any atom is 0.253 e. The average molecular weight is 472 g/mol. The van der Waals surface area contributed by atoms with E-state index in [0.717, 1.165) is 15.8 Å². The number of sulfonamides is 1. The fraction of sp³-hybridized carbons (Fsp3) is 0.294. The first-order valence-electron chi connectivity index (χ1n) is 8.26. The van der Waals surface area contributed by atoms with Crippen LogP contribution in [0.4, 0.5) is 5.69 Å². The quantitative estimate of drug-likeness (QED) is 0.675. The van der Waals surface area contributed by atoms with E-state index in [1.165, 1.54) is 10.4 Å². The highest BCUT2D eigenvalue weighted by atomic mass is 79.9. The van der Waals surface area contributed by atoms with Crippen LogP contribution in [-0.4, -0.2) is 43.7 Å². The van der Waals surface area contributed by atoms with E-state index in [0.29, 0.717) is 25.1 Å². The summed E-state index contributed by atoms with van der Waals surface area (Å²) in [6, 6.07) is 9.44. The van der Waals surface area contributed by atoms with E-state index in [2.05, 4.69) is 26.6 Å². The van der Waals surface area contributed by atoms with Crippen LogP contribution in [0.2, 0.25) is 0 Å². The van der Waals surface area contributed by atoms with E-state index in [4.69, 9.17) is 0 Å². The Morgan fingerprint density at radius 2 is 1.96 bits per heavy atom. The molecule has 0 aliphatic carbocycles. The van der Waals surface area contributed by atoms with Gasteiger partial charge in [-0.1, -0.05) is 22.0 Å². The first-order chi connectivity index (χ1) is 12.9. The first-order valence-corrected chi connectivity index (χ1v) is 11.4. The summed E-state index contributed by atoms with van der Waals surface area (Å²) in [6.07, 6.45) is 1.04. The Balaban J connectivity index is 1.58. The second kappa shape index (κ2) is 8.51. The molecule has 1 atom stereocenters. The van der Waals surface area contributed by atoms with Gasteiger partial charge < -0.3 is 10.6 Å². The third-order valence-electron chi connectivity index (χ3n) is 4.12. The van der Waals surface area contributed by atoms with Crippen LogP contribution in [-0.2, 0) is 19.6 Å². The minimum atomic E-state index is -3.69. The molecule has 2 aromatic rings. The summed E-state index contributed by atoms with van der Waals surface area (Å²) in [5.41, 5.74) is 0.611. The van der Waals surface area contributed by atoms with Crippen molar-refractivity contribution in [3.8, 4) is 0 Å². The number of rotatable bonds is 6. The summed E-state index contributed by atoms with van der Waals surface area (Å²) in [7, 11) is -3.69. The zero-order valence-corrected chi connectivity index (χ0v) is 17.4. The van der Waals surface area contributed by atoms with Crippen molar-refractivity contribution in [1.82, 2.24) is 9.62 Å². The molecule has 0 spiro atoms. The number of hydrogen-bond donors (Lipinski definition) is 2. The van der Waals surface area contributed by atoms with Crippen molar-refractivity contribution in [3.05, 3.63) is 46.3 Å². The molecule has 2 amide bonds. The Labute approximate surface area is 169 Å². The van der Waals surface area contributed by atoms with Gasteiger partial charge in [-0.25, -0.2) is 8.42 Å². The lowest BCUT2D eigenvalue weighted by atomic mass is 10.2. The predicted molar refractivity (Wildman–Crippen MR) is 107 cm³/mol. The van der Waals surface area contributed by atoms with Crippen LogP contribution in [0.25, 0.3) is 0 Å². The van der Waals surface area contributed by atoms with Crippen LogP contribution < -0.4 is 10.6 Å². The number of hydrogen-bond acceptors (Lipinski definition) is 5. The van der Waals surface area contributed by atoms with Gasteiger partial charge in [0.15, 0.2) is 0 Å². The number of nitrogens with zero attached hydrogens (tertiary/aromatic N) is 1. The minimum Gasteiger partial charge on any atom is -0.346 e. The number of carbonyl (C=O) groups excluding carboxylic acids is 2. The molecule has 1 aromatic heterocycles. The average Bonchev–Trinajstić information content (AvgIpc) is 3.33. The summed E-state index contributed by atoms with van der Waals surface area (Å²) < 4.78 is 27.7. The zero-order valence-electron chi connectivity index (χ0n) is 14.2. The molecule has 1 aliphatic heterocycles. The number of thiophene rings is 1. The molecule has 1 unspecified atom stereocenters. The van der Waals surface area contributed by atoms with Crippen molar-refractivity contribution < 1.29 is 18.0 Å². The fourth-order valence-electron chi connectivity index (χ4n) is 2.84. The molecule has 2 heterocycles. The highest BCUT2D eigenvalue weighted by Gasteiger charge is 2.39. The van der Waals surface area contributed by atoms with Crippen molar-refractivity contribution in [2.45, 2.75) is 23.1 Å². The van der Waals surface area contributed by atoms with Crippen molar-refractivity contribution in [1.29, 1.82) is 0 Å². The summed E-state index contributed by atoms with van der Waals surface area (Å²) in [5, 5.41) is 6.90. The predicted octanol–water partition coefficient (Wildman–Crippen LogP) is 2.42. The van der Waals surface area contributed by atoms with Crippen LogP contribution in [0.3, 0.4) is 0 Å². The lowest BCUT2D eigenvalue weighted by Gasteiger charge is -2.22. The molecule has 3 rings (SSSR count). The van der Waals surface area contributed by atoms with Crippen LogP contribution in [0.1, 0.15) is 12.8 Å². The second-order valence-corrected chi connectivity index (χ2v) is 9.96. The number of nitrogens with one attached hydrogen (secondary N) is 2. The molecule has 27 heavy (non-hydrogen) atoms. The molecular weight excluding hydrogens is 454 g/mol. The zero-order chi connectivity index (χ0) is 19.4. The highest BCUT2D eigenvalue weighted by Crippen LogP contribution is 2.28. The topological polar surface area (TPSA) is 95.6 Å². The third kappa shape index (κ3) is 4.75. The highest BCUT2D eigenvalue weighted by molar-refractivity contribution is 9.10. The molecule has 1 fully saturated rings. The molecule has 0 saturated carbocycles. The van der Waals surface area contributed by atoms with E-state index in [-0.39, 0.29) is 16.7 Å².